The van der Waals surface area contributed by atoms with Crippen LogP contribution in [-0.2, 0) is 6.54 Å². The number of benzene rings is 1. The van der Waals surface area contributed by atoms with Crippen molar-refractivity contribution in [3.63, 3.8) is 0 Å². The molecule has 0 atom stereocenters. The Morgan fingerprint density at radius 3 is 2.77 bits per heavy atom. The molecule has 26 heavy (non-hydrogen) atoms. The van der Waals surface area contributed by atoms with Gasteiger partial charge in [-0.05, 0) is 49.0 Å². The van der Waals surface area contributed by atoms with Gasteiger partial charge >= 0.3 is 0 Å². The molecule has 1 fully saturated rings. The van der Waals surface area contributed by atoms with Gasteiger partial charge in [-0.2, -0.15) is 11.8 Å². The molecule has 1 heterocycles. The van der Waals surface area contributed by atoms with E-state index in [1.165, 1.54) is 7.11 Å². The predicted octanol–water partition coefficient (Wildman–Crippen LogP) is 2.72. The van der Waals surface area contributed by atoms with Crippen LogP contribution in [0, 0.1) is 5.82 Å². The highest BCUT2D eigenvalue weighted by Crippen LogP contribution is 2.20. The van der Waals surface area contributed by atoms with E-state index >= 15 is 0 Å². The lowest BCUT2D eigenvalue weighted by Crippen LogP contribution is -2.48. The van der Waals surface area contributed by atoms with Crippen LogP contribution < -0.4 is 15.4 Å². The average Bonchev–Trinajstić information content (AvgIpc) is 2.66. The number of nitrogens with zero attached hydrogens (tertiary/aromatic N) is 2. The first-order chi connectivity index (χ1) is 12.7. The third-order valence-corrected chi connectivity index (χ3v) is 5.29. The number of halogens is 1. The van der Waals surface area contributed by atoms with E-state index in [0.29, 0.717) is 11.8 Å². The van der Waals surface area contributed by atoms with Gasteiger partial charge in [-0.25, -0.2) is 4.39 Å². The zero-order valence-corrected chi connectivity index (χ0v) is 16.9. The number of guanidine groups is 1. The van der Waals surface area contributed by atoms with Crippen LogP contribution in [0.15, 0.2) is 23.2 Å². The smallest absolute Gasteiger partial charge is 0.191 e. The zero-order valence-electron chi connectivity index (χ0n) is 16.1. The Morgan fingerprint density at radius 2 is 2.15 bits per heavy atom. The molecule has 7 heteroatoms. The molecule has 0 bridgehead atoms. The summed E-state index contributed by atoms with van der Waals surface area (Å²) in [5, 5.41) is 6.90. The zero-order chi connectivity index (χ0) is 18.8. The van der Waals surface area contributed by atoms with Crippen LogP contribution in [0.5, 0.6) is 5.75 Å². The summed E-state index contributed by atoms with van der Waals surface area (Å²) in [6, 6.07) is 5.65. The average molecular weight is 383 g/mol. The summed E-state index contributed by atoms with van der Waals surface area (Å²) in [5.74, 6) is 2.06. The van der Waals surface area contributed by atoms with Crippen LogP contribution in [0.2, 0.25) is 0 Å². The van der Waals surface area contributed by atoms with Gasteiger partial charge in [0.05, 0.1) is 7.11 Å². The number of likely N-dealkylation sites (tertiary alicyclic amines) is 1. The van der Waals surface area contributed by atoms with Crippen LogP contribution in [0.1, 0.15) is 24.8 Å². The fourth-order valence-electron chi connectivity index (χ4n) is 3.11. The Labute approximate surface area is 160 Å². The molecule has 1 aromatic carbocycles. The first kappa shape index (κ1) is 20.8. The molecule has 0 aromatic heterocycles. The lowest BCUT2D eigenvalue weighted by atomic mass is 10.0. The number of ether oxygens (including phenoxy) is 1. The second-order valence-corrected chi connectivity index (χ2v) is 7.49. The molecule has 1 aliphatic rings. The maximum absolute atomic E-state index is 13.8. The summed E-state index contributed by atoms with van der Waals surface area (Å²) >= 11 is 1.86. The fraction of sp³-hybridized carbons (Fsp3) is 0.632. The van der Waals surface area contributed by atoms with Crippen LogP contribution in [-0.4, -0.2) is 62.7 Å². The fourth-order valence-corrected chi connectivity index (χ4v) is 3.55. The molecule has 0 spiro atoms. The molecule has 1 aromatic rings. The van der Waals surface area contributed by atoms with E-state index in [-0.39, 0.29) is 5.82 Å². The molecule has 5 nitrogen and oxygen atoms in total. The third-order valence-electron chi connectivity index (χ3n) is 4.59. The summed E-state index contributed by atoms with van der Waals surface area (Å²) < 4.78 is 18.8. The number of hydrogen-bond donors (Lipinski definition) is 2. The van der Waals surface area contributed by atoms with Crippen molar-refractivity contribution in [1.82, 2.24) is 15.5 Å². The standard InChI is InChI=1S/C19H31FN4OS/c1-21-19(22-9-4-12-26-3)23-16-7-10-24(11-8-16)14-15-5-6-18(25-2)17(20)13-15/h5-6,13,16H,4,7-12,14H2,1-3H3,(H2,21,22,23). The largest absolute Gasteiger partial charge is 0.494 e. The molecule has 0 amide bonds. The number of aliphatic imine (C=N–C) groups is 1. The quantitative estimate of drug-likeness (QED) is 0.411. The monoisotopic (exact) mass is 382 g/mol. The highest BCUT2D eigenvalue weighted by molar-refractivity contribution is 7.98. The van der Waals surface area contributed by atoms with E-state index in [4.69, 9.17) is 4.74 Å². The normalized spacial score (nSPS) is 16.5. The van der Waals surface area contributed by atoms with E-state index in [1.54, 1.807) is 12.1 Å². The van der Waals surface area contributed by atoms with Gasteiger partial charge in [-0.3, -0.25) is 9.89 Å². The van der Waals surface area contributed by atoms with Crippen LogP contribution >= 0.6 is 11.8 Å². The Hall–Kier alpha value is -1.47. The van der Waals surface area contributed by atoms with Gasteiger partial charge in [0.1, 0.15) is 0 Å². The van der Waals surface area contributed by atoms with E-state index in [1.807, 2.05) is 24.9 Å². The number of methoxy groups -OCH3 is 1. The van der Waals surface area contributed by atoms with E-state index < -0.39 is 0 Å². The van der Waals surface area contributed by atoms with Crippen molar-refractivity contribution >= 4 is 17.7 Å². The van der Waals surface area contributed by atoms with Crippen molar-refractivity contribution in [3.05, 3.63) is 29.6 Å². The summed E-state index contributed by atoms with van der Waals surface area (Å²) in [6.45, 7) is 3.71. The molecule has 2 rings (SSSR count). The lowest BCUT2D eigenvalue weighted by Gasteiger charge is -2.33. The first-order valence-electron chi connectivity index (χ1n) is 9.17. The van der Waals surface area contributed by atoms with Gasteiger partial charge in [0.15, 0.2) is 17.5 Å². The molecule has 2 N–H and O–H groups in total. The van der Waals surface area contributed by atoms with Gasteiger partial charge in [0, 0.05) is 39.3 Å². The predicted molar refractivity (Wildman–Crippen MR) is 109 cm³/mol. The Bertz CT molecular complexity index is 577. The molecular formula is C19H31FN4OS. The summed E-state index contributed by atoms with van der Waals surface area (Å²) in [5.41, 5.74) is 0.987. The third kappa shape index (κ3) is 6.68. The number of piperidine rings is 1. The molecule has 0 saturated carbocycles. The Morgan fingerprint density at radius 1 is 1.38 bits per heavy atom. The first-order valence-corrected chi connectivity index (χ1v) is 10.6. The molecule has 0 aliphatic carbocycles. The molecule has 146 valence electrons. The van der Waals surface area contributed by atoms with Crippen molar-refractivity contribution in [2.75, 3.05) is 45.8 Å². The van der Waals surface area contributed by atoms with Crippen LogP contribution in [0.4, 0.5) is 4.39 Å². The van der Waals surface area contributed by atoms with Gasteiger partial charge in [-0.15, -0.1) is 0 Å². The van der Waals surface area contributed by atoms with Crippen molar-refractivity contribution in [1.29, 1.82) is 0 Å². The number of thioether (sulfide) groups is 1. The molecular weight excluding hydrogens is 351 g/mol. The highest BCUT2D eigenvalue weighted by atomic mass is 32.2. The number of nitrogens with one attached hydrogen (secondary N) is 2. The summed E-state index contributed by atoms with van der Waals surface area (Å²) in [6.07, 6.45) is 5.38. The minimum Gasteiger partial charge on any atom is -0.494 e. The minimum absolute atomic E-state index is 0.294. The van der Waals surface area contributed by atoms with Crippen molar-refractivity contribution < 1.29 is 9.13 Å². The van der Waals surface area contributed by atoms with Gasteiger partial charge in [0.25, 0.3) is 0 Å². The van der Waals surface area contributed by atoms with E-state index in [2.05, 4.69) is 26.8 Å². The highest BCUT2D eigenvalue weighted by Gasteiger charge is 2.20. The van der Waals surface area contributed by atoms with Gasteiger partial charge in [-0.1, -0.05) is 6.07 Å². The Balaban J connectivity index is 1.73. The van der Waals surface area contributed by atoms with Crippen molar-refractivity contribution in [3.8, 4) is 5.75 Å². The summed E-state index contributed by atoms with van der Waals surface area (Å²) in [4.78, 5) is 6.68. The van der Waals surface area contributed by atoms with E-state index in [9.17, 15) is 4.39 Å². The maximum atomic E-state index is 13.8. The topological polar surface area (TPSA) is 48.9 Å². The molecule has 0 unspecified atom stereocenters. The molecule has 1 aliphatic heterocycles. The van der Waals surface area contributed by atoms with Crippen LogP contribution in [0.3, 0.4) is 0 Å². The van der Waals surface area contributed by atoms with Crippen LogP contribution in [0.25, 0.3) is 0 Å². The van der Waals surface area contributed by atoms with Crippen molar-refractivity contribution in [2.45, 2.75) is 31.8 Å². The van der Waals surface area contributed by atoms with E-state index in [0.717, 1.165) is 62.7 Å². The number of rotatable bonds is 8. The Kier molecular flexibility index (Phi) is 9.05. The maximum Gasteiger partial charge on any atom is 0.191 e. The second kappa shape index (κ2) is 11.3. The lowest BCUT2D eigenvalue weighted by molar-refractivity contribution is 0.198. The van der Waals surface area contributed by atoms with Gasteiger partial charge in [0.2, 0.25) is 0 Å². The number of hydrogen-bond acceptors (Lipinski definition) is 4. The second-order valence-electron chi connectivity index (χ2n) is 6.51. The molecule has 1 saturated heterocycles. The molecule has 0 radical (unpaired) electrons. The SMILES string of the molecule is CN=C(NCCCSC)NC1CCN(Cc2ccc(OC)c(F)c2)CC1. The van der Waals surface area contributed by atoms with Crippen molar-refractivity contribution in [2.24, 2.45) is 4.99 Å². The summed E-state index contributed by atoms with van der Waals surface area (Å²) in [7, 11) is 3.30. The van der Waals surface area contributed by atoms with Gasteiger partial charge < -0.3 is 15.4 Å². The minimum atomic E-state index is -0.294.